The Balaban J connectivity index is 1.90. The zero-order valence-electron chi connectivity index (χ0n) is 12.4. The molecule has 114 valence electrons. The molecule has 1 aliphatic rings. The van der Waals surface area contributed by atoms with Crippen LogP contribution in [0.3, 0.4) is 0 Å². The highest BCUT2D eigenvalue weighted by atomic mass is 32.2. The predicted molar refractivity (Wildman–Crippen MR) is 82.6 cm³/mol. The number of nitrogens with zero attached hydrogens (tertiary/aromatic N) is 1. The third-order valence-electron chi connectivity index (χ3n) is 4.27. The van der Waals surface area contributed by atoms with Crippen LogP contribution in [-0.4, -0.2) is 26.8 Å². The van der Waals surface area contributed by atoms with Crippen LogP contribution >= 0.6 is 0 Å². The van der Waals surface area contributed by atoms with Crippen LogP contribution in [-0.2, 0) is 9.84 Å². The Morgan fingerprint density at radius 1 is 1.38 bits per heavy atom. The van der Waals surface area contributed by atoms with Crippen LogP contribution in [0.15, 0.2) is 29.2 Å². The summed E-state index contributed by atoms with van der Waals surface area (Å²) >= 11 is 0. The molecule has 0 aromatic heterocycles. The van der Waals surface area contributed by atoms with Crippen molar-refractivity contribution in [3.63, 3.8) is 0 Å². The SMILES string of the molecule is C[C@@H](NCCS(=O)(=O)c1cccc(C#N)c1)C1CCCC1. The molecule has 1 N–H and O–H groups in total. The predicted octanol–water partition coefficient (Wildman–Crippen LogP) is 2.50. The molecule has 0 radical (unpaired) electrons. The van der Waals surface area contributed by atoms with Gasteiger partial charge < -0.3 is 5.32 Å². The molecule has 0 aliphatic heterocycles. The van der Waals surface area contributed by atoms with Crippen molar-refractivity contribution in [2.45, 2.75) is 43.5 Å². The summed E-state index contributed by atoms with van der Waals surface area (Å²) in [4.78, 5) is 0.233. The summed E-state index contributed by atoms with van der Waals surface area (Å²) in [6, 6.07) is 8.55. The van der Waals surface area contributed by atoms with E-state index in [4.69, 9.17) is 5.26 Å². The molecule has 1 saturated carbocycles. The molecule has 5 heteroatoms. The first-order chi connectivity index (χ1) is 10.0. The van der Waals surface area contributed by atoms with Gasteiger partial charge in [-0.25, -0.2) is 8.42 Å². The summed E-state index contributed by atoms with van der Waals surface area (Å²) in [5.74, 6) is 0.744. The van der Waals surface area contributed by atoms with Crippen LogP contribution in [0.1, 0.15) is 38.2 Å². The minimum absolute atomic E-state index is 0.0684. The van der Waals surface area contributed by atoms with Crippen LogP contribution < -0.4 is 5.32 Å². The lowest BCUT2D eigenvalue weighted by Crippen LogP contribution is -2.35. The quantitative estimate of drug-likeness (QED) is 0.876. The van der Waals surface area contributed by atoms with E-state index in [1.54, 1.807) is 18.2 Å². The zero-order valence-corrected chi connectivity index (χ0v) is 13.2. The molecule has 1 aliphatic carbocycles. The lowest BCUT2D eigenvalue weighted by atomic mass is 10.00. The van der Waals surface area contributed by atoms with Gasteiger partial charge >= 0.3 is 0 Å². The molecule has 0 unspecified atom stereocenters. The molecular weight excluding hydrogens is 284 g/mol. The van der Waals surface area contributed by atoms with Crippen LogP contribution in [0.5, 0.6) is 0 Å². The van der Waals surface area contributed by atoms with Crippen LogP contribution in [0.4, 0.5) is 0 Å². The van der Waals surface area contributed by atoms with Gasteiger partial charge in [0.05, 0.1) is 22.3 Å². The third-order valence-corrected chi connectivity index (χ3v) is 5.98. The van der Waals surface area contributed by atoms with Gasteiger partial charge in [-0.05, 0) is 43.9 Å². The molecule has 0 saturated heterocycles. The van der Waals surface area contributed by atoms with E-state index in [-0.39, 0.29) is 10.6 Å². The number of hydrogen-bond acceptors (Lipinski definition) is 4. The van der Waals surface area contributed by atoms with Gasteiger partial charge in [0.2, 0.25) is 0 Å². The number of nitrogens with one attached hydrogen (secondary N) is 1. The molecule has 1 atom stereocenters. The van der Waals surface area contributed by atoms with Crippen molar-refractivity contribution in [3.8, 4) is 6.07 Å². The standard InChI is InChI=1S/C16H22N2O2S/c1-13(15-6-2-3-7-15)18-9-10-21(19,20)16-8-4-5-14(11-16)12-17/h4-5,8,11,13,15,18H,2-3,6-7,9-10H2,1H3/t13-/m1/s1. The van der Waals surface area contributed by atoms with Gasteiger partial charge in [-0.1, -0.05) is 18.9 Å². The Kier molecular flexibility index (Phi) is 5.38. The van der Waals surface area contributed by atoms with Gasteiger partial charge in [-0.3, -0.25) is 0 Å². The minimum atomic E-state index is -3.33. The minimum Gasteiger partial charge on any atom is -0.313 e. The Morgan fingerprint density at radius 3 is 2.76 bits per heavy atom. The van der Waals surface area contributed by atoms with Crippen LogP contribution in [0.2, 0.25) is 0 Å². The molecule has 4 nitrogen and oxygen atoms in total. The van der Waals surface area contributed by atoms with E-state index in [0.717, 1.165) is 0 Å². The second-order valence-electron chi connectivity index (χ2n) is 5.75. The lowest BCUT2D eigenvalue weighted by Gasteiger charge is -2.20. The van der Waals surface area contributed by atoms with Crippen molar-refractivity contribution in [3.05, 3.63) is 29.8 Å². The molecule has 0 spiro atoms. The summed E-state index contributed by atoms with van der Waals surface area (Å²) in [6.45, 7) is 2.59. The normalized spacial score (nSPS) is 17.5. The number of hydrogen-bond donors (Lipinski definition) is 1. The van der Waals surface area contributed by atoms with Crippen molar-refractivity contribution in [1.29, 1.82) is 5.26 Å². The largest absolute Gasteiger partial charge is 0.313 e. The summed E-state index contributed by atoms with van der Waals surface area (Å²) < 4.78 is 24.5. The summed E-state index contributed by atoms with van der Waals surface area (Å²) in [6.07, 6.45) is 5.06. The average molecular weight is 306 g/mol. The summed E-state index contributed by atoms with van der Waals surface area (Å²) in [7, 11) is -3.33. The Labute approximate surface area is 127 Å². The number of rotatable bonds is 6. The highest BCUT2D eigenvalue weighted by Gasteiger charge is 2.22. The Morgan fingerprint density at radius 2 is 2.10 bits per heavy atom. The molecule has 2 rings (SSSR count). The van der Waals surface area contributed by atoms with E-state index in [2.05, 4.69) is 12.2 Å². The van der Waals surface area contributed by atoms with E-state index < -0.39 is 9.84 Å². The van der Waals surface area contributed by atoms with E-state index >= 15 is 0 Å². The molecule has 1 aromatic rings. The summed E-state index contributed by atoms with van der Waals surface area (Å²) in [5, 5.41) is 12.2. The number of benzene rings is 1. The van der Waals surface area contributed by atoms with E-state index in [0.29, 0.717) is 24.1 Å². The molecule has 0 heterocycles. The van der Waals surface area contributed by atoms with Crippen molar-refractivity contribution in [1.82, 2.24) is 5.32 Å². The fraction of sp³-hybridized carbons (Fsp3) is 0.562. The maximum atomic E-state index is 12.3. The molecular formula is C16H22N2O2S. The van der Waals surface area contributed by atoms with Crippen LogP contribution in [0.25, 0.3) is 0 Å². The molecule has 0 bridgehead atoms. The van der Waals surface area contributed by atoms with Gasteiger partial charge in [-0.15, -0.1) is 0 Å². The topological polar surface area (TPSA) is 70.0 Å². The van der Waals surface area contributed by atoms with Crippen molar-refractivity contribution in [2.24, 2.45) is 5.92 Å². The maximum absolute atomic E-state index is 12.3. The highest BCUT2D eigenvalue weighted by molar-refractivity contribution is 7.91. The summed E-state index contributed by atoms with van der Waals surface area (Å²) in [5.41, 5.74) is 0.378. The Bertz CT molecular complexity index is 613. The van der Waals surface area contributed by atoms with E-state index in [1.165, 1.54) is 31.7 Å². The van der Waals surface area contributed by atoms with E-state index in [9.17, 15) is 8.42 Å². The third kappa shape index (κ3) is 4.29. The average Bonchev–Trinajstić information content (AvgIpc) is 3.01. The Hall–Kier alpha value is -1.38. The van der Waals surface area contributed by atoms with Gasteiger partial charge in [0.15, 0.2) is 9.84 Å². The second-order valence-corrected chi connectivity index (χ2v) is 7.85. The fourth-order valence-electron chi connectivity index (χ4n) is 2.92. The van der Waals surface area contributed by atoms with Crippen molar-refractivity contribution in [2.75, 3.05) is 12.3 Å². The maximum Gasteiger partial charge on any atom is 0.179 e. The number of nitriles is 1. The molecule has 1 fully saturated rings. The van der Waals surface area contributed by atoms with Crippen LogP contribution in [0, 0.1) is 17.2 Å². The van der Waals surface area contributed by atoms with Gasteiger partial charge in [0.1, 0.15) is 0 Å². The monoisotopic (exact) mass is 306 g/mol. The molecule has 21 heavy (non-hydrogen) atoms. The highest BCUT2D eigenvalue weighted by Crippen LogP contribution is 2.27. The first kappa shape index (κ1) is 16.0. The fourth-order valence-corrected chi connectivity index (χ4v) is 4.14. The van der Waals surface area contributed by atoms with E-state index in [1.807, 2.05) is 6.07 Å². The second kappa shape index (κ2) is 7.06. The van der Waals surface area contributed by atoms with Gasteiger partial charge in [0, 0.05) is 12.6 Å². The first-order valence-electron chi connectivity index (χ1n) is 7.49. The van der Waals surface area contributed by atoms with Crippen molar-refractivity contribution < 1.29 is 8.42 Å². The smallest absolute Gasteiger partial charge is 0.179 e. The first-order valence-corrected chi connectivity index (χ1v) is 9.14. The molecule has 1 aromatic carbocycles. The van der Waals surface area contributed by atoms with Gasteiger partial charge in [0.25, 0.3) is 0 Å². The van der Waals surface area contributed by atoms with Crippen molar-refractivity contribution >= 4 is 9.84 Å². The number of sulfone groups is 1. The lowest BCUT2D eigenvalue weighted by molar-refractivity contribution is 0.389. The molecule has 0 amide bonds. The zero-order chi connectivity index (χ0) is 15.3. The van der Waals surface area contributed by atoms with Gasteiger partial charge in [-0.2, -0.15) is 5.26 Å².